The van der Waals surface area contributed by atoms with Crippen LogP contribution in [0.4, 0.5) is 0 Å². The van der Waals surface area contributed by atoms with Crippen LogP contribution in [0.2, 0.25) is 0 Å². The molecule has 54 heavy (non-hydrogen) atoms. The van der Waals surface area contributed by atoms with Gasteiger partial charge < -0.3 is 9.13 Å². The van der Waals surface area contributed by atoms with Crippen LogP contribution in [0.25, 0.3) is 88.4 Å². The molecule has 0 saturated carbocycles. The van der Waals surface area contributed by atoms with Crippen molar-refractivity contribution in [1.82, 2.24) is 9.13 Å². The summed E-state index contributed by atoms with van der Waals surface area (Å²) in [6.07, 6.45) is 0. The molecule has 0 amide bonds. The van der Waals surface area contributed by atoms with Crippen LogP contribution in [-0.4, -0.2) is 9.13 Å². The monoisotopic (exact) mass is 694 g/mol. The van der Waals surface area contributed by atoms with Crippen LogP contribution in [0.5, 0.6) is 0 Å². The highest BCUT2D eigenvalue weighted by atomic mass is 15.0. The van der Waals surface area contributed by atoms with Gasteiger partial charge in [0.1, 0.15) is 0 Å². The average molecular weight is 695 g/mol. The molecule has 0 N–H and O–H groups in total. The van der Waals surface area contributed by atoms with Crippen molar-refractivity contribution in [2.24, 2.45) is 0 Å². The fourth-order valence-corrected chi connectivity index (χ4v) is 8.28. The molecule has 0 fully saturated rings. The number of benzene rings is 8. The lowest BCUT2D eigenvalue weighted by Crippen LogP contribution is -1.97. The number of aromatic nitrogens is 2. The number of aryl methyl sites for hydroxylation is 2. The number of nitrogens with zero attached hydrogens (tertiary/aromatic N) is 2. The van der Waals surface area contributed by atoms with Gasteiger partial charge in [-0.1, -0.05) is 135 Å². The zero-order valence-corrected chi connectivity index (χ0v) is 31.2. The Morgan fingerprint density at radius 3 is 1.22 bits per heavy atom. The molecule has 2 aromatic heterocycles. The van der Waals surface area contributed by atoms with Gasteiger partial charge in [-0.15, -0.1) is 0 Å². The number of hydrogen-bond acceptors (Lipinski definition) is 0. The summed E-state index contributed by atoms with van der Waals surface area (Å²) in [6, 6.07) is 66.6. The normalized spacial score (nSPS) is 11.3. The van der Waals surface area contributed by atoms with Gasteiger partial charge in [-0.3, -0.25) is 0 Å². The fraction of sp³-hybridized carbons (Fsp3) is 0.0769. The SMILES string of the molecule is CC.Cc1ccccc1-c1cc(-c2ccccc2C)cc(-n2c3ccccc3c3cc(-c4ccc(-n5c6ccccc6c6ccccc65)cc4)ccc32)c1. The first-order valence-corrected chi connectivity index (χ1v) is 19.0. The lowest BCUT2D eigenvalue weighted by atomic mass is 9.94. The molecule has 2 heterocycles. The first-order valence-electron chi connectivity index (χ1n) is 19.0. The highest BCUT2D eigenvalue weighted by Crippen LogP contribution is 2.39. The van der Waals surface area contributed by atoms with E-state index in [2.05, 4.69) is 205 Å². The Bertz CT molecular complexity index is 2860. The Hall–Kier alpha value is -6.64. The van der Waals surface area contributed by atoms with Gasteiger partial charge in [0.15, 0.2) is 0 Å². The van der Waals surface area contributed by atoms with Gasteiger partial charge in [0.2, 0.25) is 0 Å². The van der Waals surface area contributed by atoms with Crippen molar-refractivity contribution >= 4 is 43.6 Å². The highest BCUT2D eigenvalue weighted by molar-refractivity contribution is 6.11. The van der Waals surface area contributed by atoms with Crippen LogP contribution < -0.4 is 0 Å². The summed E-state index contributed by atoms with van der Waals surface area (Å²) >= 11 is 0. The van der Waals surface area contributed by atoms with E-state index in [1.807, 2.05) is 13.8 Å². The predicted octanol–water partition coefficient (Wildman–Crippen LogP) is 14.5. The predicted molar refractivity (Wildman–Crippen MR) is 232 cm³/mol. The molecule has 2 heteroatoms. The summed E-state index contributed by atoms with van der Waals surface area (Å²) in [7, 11) is 0. The number of rotatable bonds is 5. The van der Waals surface area contributed by atoms with Gasteiger partial charge in [0.25, 0.3) is 0 Å². The third-order valence-corrected chi connectivity index (χ3v) is 10.8. The van der Waals surface area contributed by atoms with Crippen molar-refractivity contribution < 1.29 is 0 Å². The van der Waals surface area contributed by atoms with Crippen LogP contribution in [0.1, 0.15) is 25.0 Å². The number of hydrogen-bond donors (Lipinski definition) is 0. The minimum absolute atomic E-state index is 1.16. The van der Waals surface area contributed by atoms with Gasteiger partial charge in [0, 0.05) is 32.9 Å². The molecule has 0 atom stereocenters. The largest absolute Gasteiger partial charge is 0.309 e. The van der Waals surface area contributed by atoms with Crippen molar-refractivity contribution in [3.63, 3.8) is 0 Å². The minimum Gasteiger partial charge on any atom is -0.309 e. The Morgan fingerprint density at radius 1 is 0.296 bits per heavy atom. The van der Waals surface area contributed by atoms with E-state index in [-0.39, 0.29) is 0 Å². The van der Waals surface area contributed by atoms with E-state index < -0.39 is 0 Å². The van der Waals surface area contributed by atoms with Crippen molar-refractivity contribution in [2.45, 2.75) is 27.7 Å². The molecule has 0 spiro atoms. The second kappa shape index (κ2) is 13.7. The lowest BCUT2D eigenvalue weighted by Gasteiger charge is -2.16. The Balaban J connectivity index is 0.00000189. The van der Waals surface area contributed by atoms with Gasteiger partial charge >= 0.3 is 0 Å². The van der Waals surface area contributed by atoms with E-state index in [1.165, 1.54) is 88.1 Å². The standard InChI is InChI=1S/C50H36N2.C2H6/c1-33-13-3-5-15-41(33)37-29-38(42-16-6-4-14-34(42)2)31-40(30-37)52-49-22-12-9-19-45(49)46-32-36(25-28-50(46)52)35-23-26-39(27-24-35)51-47-20-10-7-17-43(47)44-18-8-11-21-48(44)51;1-2/h3-32H,1-2H3;1-2H3. The Labute approximate surface area is 317 Å². The molecule has 8 aromatic carbocycles. The molecule has 0 bridgehead atoms. The molecule has 10 rings (SSSR count). The lowest BCUT2D eigenvalue weighted by molar-refractivity contribution is 1.18. The highest BCUT2D eigenvalue weighted by Gasteiger charge is 2.17. The maximum Gasteiger partial charge on any atom is 0.0541 e. The van der Waals surface area contributed by atoms with Gasteiger partial charge in [-0.2, -0.15) is 0 Å². The Morgan fingerprint density at radius 2 is 0.704 bits per heavy atom. The van der Waals surface area contributed by atoms with Gasteiger partial charge in [-0.05, 0) is 119 Å². The second-order valence-electron chi connectivity index (χ2n) is 13.9. The minimum atomic E-state index is 1.16. The summed E-state index contributed by atoms with van der Waals surface area (Å²) in [5, 5.41) is 5.05. The summed E-state index contributed by atoms with van der Waals surface area (Å²) in [5.74, 6) is 0. The average Bonchev–Trinajstić information content (AvgIpc) is 3.74. The topological polar surface area (TPSA) is 9.86 Å². The molecule has 0 aliphatic rings. The number of fused-ring (bicyclic) bond motifs is 6. The molecule has 0 unspecified atom stereocenters. The molecular formula is C52H42N2. The van der Waals surface area contributed by atoms with Crippen LogP contribution in [0.3, 0.4) is 0 Å². The zero-order valence-electron chi connectivity index (χ0n) is 31.2. The molecular weight excluding hydrogens is 653 g/mol. The van der Waals surface area contributed by atoms with Crippen molar-refractivity contribution in [1.29, 1.82) is 0 Å². The molecule has 10 aromatic rings. The van der Waals surface area contributed by atoms with Crippen LogP contribution in [0.15, 0.2) is 182 Å². The van der Waals surface area contributed by atoms with Crippen LogP contribution in [-0.2, 0) is 0 Å². The van der Waals surface area contributed by atoms with E-state index in [1.54, 1.807) is 0 Å². The van der Waals surface area contributed by atoms with Crippen LogP contribution >= 0.6 is 0 Å². The zero-order chi connectivity index (χ0) is 36.8. The third-order valence-electron chi connectivity index (χ3n) is 10.8. The number of para-hydroxylation sites is 3. The maximum atomic E-state index is 2.45. The third kappa shape index (κ3) is 5.50. The Kier molecular flexibility index (Phi) is 8.44. The van der Waals surface area contributed by atoms with E-state index in [0.29, 0.717) is 0 Å². The smallest absolute Gasteiger partial charge is 0.0541 e. The van der Waals surface area contributed by atoms with E-state index >= 15 is 0 Å². The summed E-state index contributed by atoms with van der Waals surface area (Å²) in [5.41, 5.74) is 17.1. The summed E-state index contributed by atoms with van der Waals surface area (Å²) in [6.45, 7) is 8.40. The summed E-state index contributed by atoms with van der Waals surface area (Å²) in [4.78, 5) is 0. The van der Waals surface area contributed by atoms with E-state index in [9.17, 15) is 0 Å². The first kappa shape index (κ1) is 33.2. The fourth-order valence-electron chi connectivity index (χ4n) is 8.28. The summed E-state index contributed by atoms with van der Waals surface area (Å²) < 4.78 is 4.82. The van der Waals surface area contributed by atoms with E-state index in [0.717, 1.165) is 11.4 Å². The molecule has 260 valence electrons. The molecule has 0 aliphatic carbocycles. The molecule has 0 saturated heterocycles. The second-order valence-corrected chi connectivity index (χ2v) is 13.9. The van der Waals surface area contributed by atoms with E-state index in [4.69, 9.17) is 0 Å². The van der Waals surface area contributed by atoms with Crippen molar-refractivity contribution in [3.05, 3.63) is 193 Å². The van der Waals surface area contributed by atoms with Crippen molar-refractivity contribution in [3.8, 4) is 44.8 Å². The molecule has 0 aliphatic heterocycles. The quantitative estimate of drug-likeness (QED) is 0.170. The van der Waals surface area contributed by atoms with Gasteiger partial charge in [0.05, 0.1) is 22.1 Å². The molecule has 0 radical (unpaired) electrons. The van der Waals surface area contributed by atoms with Crippen LogP contribution in [0, 0.1) is 13.8 Å². The van der Waals surface area contributed by atoms with Gasteiger partial charge in [-0.25, -0.2) is 0 Å². The maximum absolute atomic E-state index is 2.45. The first-order chi connectivity index (χ1) is 26.6. The van der Waals surface area contributed by atoms with Crippen molar-refractivity contribution in [2.75, 3.05) is 0 Å². The molecule has 2 nitrogen and oxygen atoms in total.